The van der Waals surface area contributed by atoms with Crippen LogP contribution in [0.5, 0.6) is 0 Å². The van der Waals surface area contributed by atoms with Gasteiger partial charge in [0.1, 0.15) is 6.61 Å². The maximum atomic E-state index is 12.4. The highest BCUT2D eigenvalue weighted by Gasteiger charge is 2.27. The fourth-order valence-electron chi connectivity index (χ4n) is 3.08. The number of hydrogen-bond donors (Lipinski definition) is 0. The molecule has 0 N–H and O–H groups in total. The van der Waals surface area contributed by atoms with Crippen LogP contribution >= 0.6 is 0 Å². The Balaban J connectivity index is 1.59. The minimum absolute atomic E-state index is 0.100. The number of carbonyl (C=O) groups excluding carboxylic acids is 1. The van der Waals surface area contributed by atoms with Crippen LogP contribution in [0.2, 0.25) is 0 Å². The molecule has 1 aromatic carbocycles. The zero-order valence-corrected chi connectivity index (χ0v) is 15.7. The van der Waals surface area contributed by atoms with E-state index in [2.05, 4.69) is 9.64 Å². The van der Waals surface area contributed by atoms with Gasteiger partial charge in [-0.15, -0.1) is 0 Å². The van der Waals surface area contributed by atoms with Crippen LogP contribution in [0.3, 0.4) is 0 Å². The predicted molar refractivity (Wildman–Crippen MR) is 97.3 cm³/mol. The predicted octanol–water partition coefficient (Wildman–Crippen LogP) is 2.23. The molecule has 0 spiro atoms. The number of benzene rings is 1. The van der Waals surface area contributed by atoms with E-state index in [9.17, 15) is 18.0 Å². The molecular weight excluding hydrogens is 359 g/mol. The molecule has 0 aromatic heterocycles. The van der Waals surface area contributed by atoms with Gasteiger partial charge >= 0.3 is 6.18 Å². The number of nitrogens with zero attached hydrogens (tertiary/aromatic N) is 3. The van der Waals surface area contributed by atoms with Crippen molar-refractivity contribution in [2.75, 3.05) is 59.5 Å². The summed E-state index contributed by atoms with van der Waals surface area (Å²) in [5.41, 5.74) is 1.17. The monoisotopic (exact) mass is 387 g/mol. The Labute approximate surface area is 158 Å². The van der Waals surface area contributed by atoms with Crippen molar-refractivity contribution in [1.82, 2.24) is 14.7 Å². The van der Waals surface area contributed by atoms with Crippen LogP contribution in [0, 0.1) is 0 Å². The second kappa shape index (κ2) is 10.6. The van der Waals surface area contributed by atoms with Crippen molar-refractivity contribution in [2.45, 2.75) is 19.1 Å². The third-order valence-corrected chi connectivity index (χ3v) is 4.45. The molecular formula is C19H28F3N3O2. The quantitative estimate of drug-likeness (QED) is 0.609. The summed E-state index contributed by atoms with van der Waals surface area (Å²) in [4.78, 5) is 18.5. The Morgan fingerprint density at radius 3 is 2.44 bits per heavy atom. The average Bonchev–Trinajstić information content (AvgIpc) is 2.61. The summed E-state index contributed by atoms with van der Waals surface area (Å²) in [6, 6.07) is 10.0. The van der Waals surface area contributed by atoms with Gasteiger partial charge in [-0.05, 0) is 19.0 Å². The number of hydrogen-bond acceptors (Lipinski definition) is 4. The van der Waals surface area contributed by atoms with E-state index in [1.54, 1.807) is 0 Å². The second-order valence-electron chi connectivity index (χ2n) is 6.90. The molecule has 0 bridgehead atoms. The molecule has 0 atom stereocenters. The van der Waals surface area contributed by atoms with Crippen LogP contribution < -0.4 is 0 Å². The van der Waals surface area contributed by atoms with Crippen LogP contribution in [0.15, 0.2) is 30.3 Å². The lowest BCUT2D eigenvalue weighted by atomic mass is 10.2. The average molecular weight is 387 g/mol. The van der Waals surface area contributed by atoms with E-state index in [-0.39, 0.29) is 12.5 Å². The van der Waals surface area contributed by atoms with Crippen molar-refractivity contribution in [2.24, 2.45) is 0 Å². The summed E-state index contributed by atoms with van der Waals surface area (Å²) in [6.07, 6.45) is -3.70. The SMILES string of the molecule is CN(CC(=O)N1CCN(CCCOCC(F)(F)F)CC1)Cc1ccccc1. The van der Waals surface area contributed by atoms with E-state index >= 15 is 0 Å². The lowest BCUT2D eigenvalue weighted by Crippen LogP contribution is -2.51. The molecule has 5 nitrogen and oxygen atoms in total. The Morgan fingerprint density at radius 2 is 1.81 bits per heavy atom. The minimum atomic E-state index is -4.26. The van der Waals surface area contributed by atoms with Gasteiger partial charge in [0.25, 0.3) is 0 Å². The molecule has 0 aliphatic carbocycles. The van der Waals surface area contributed by atoms with E-state index in [1.807, 2.05) is 47.2 Å². The van der Waals surface area contributed by atoms with Gasteiger partial charge in [-0.3, -0.25) is 14.6 Å². The first kappa shape index (κ1) is 21.7. The summed E-state index contributed by atoms with van der Waals surface area (Å²) >= 11 is 0. The van der Waals surface area contributed by atoms with E-state index in [4.69, 9.17) is 0 Å². The van der Waals surface area contributed by atoms with Crippen molar-refractivity contribution < 1.29 is 22.7 Å². The Kier molecular flexibility index (Phi) is 8.53. The standard InChI is InChI=1S/C19H28F3N3O2/c1-23(14-17-6-3-2-4-7-17)15-18(26)25-11-9-24(10-12-25)8-5-13-27-16-19(20,21)22/h2-4,6-7H,5,8-16H2,1H3. The van der Waals surface area contributed by atoms with Gasteiger partial charge in [-0.25, -0.2) is 0 Å². The zero-order valence-electron chi connectivity index (χ0n) is 15.7. The Hall–Kier alpha value is -1.64. The molecule has 8 heteroatoms. The van der Waals surface area contributed by atoms with Crippen molar-refractivity contribution in [3.05, 3.63) is 35.9 Å². The zero-order chi connectivity index (χ0) is 19.7. The second-order valence-corrected chi connectivity index (χ2v) is 6.90. The molecule has 152 valence electrons. The van der Waals surface area contributed by atoms with Crippen LogP contribution in [0.25, 0.3) is 0 Å². The normalized spacial score (nSPS) is 16.1. The summed E-state index contributed by atoms with van der Waals surface area (Å²) in [5, 5.41) is 0. The topological polar surface area (TPSA) is 36.0 Å². The van der Waals surface area contributed by atoms with E-state index in [1.165, 1.54) is 5.56 Å². The van der Waals surface area contributed by atoms with Crippen LogP contribution in [0.4, 0.5) is 13.2 Å². The fourth-order valence-corrected chi connectivity index (χ4v) is 3.08. The largest absolute Gasteiger partial charge is 0.411 e. The first-order valence-corrected chi connectivity index (χ1v) is 9.20. The molecule has 1 saturated heterocycles. The van der Waals surface area contributed by atoms with Gasteiger partial charge in [0.05, 0.1) is 6.54 Å². The third-order valence-electron chi connectivity index (χ3n) is 4.45. The number of rotatable bonds is 9. The Bertz CT molecular complexity index is 561. The van der Waals surface area contributed by atoms with Gasteiger partial charge in [-0.2, -0.15) is 13.2 Å². The van der Waals surface area contributed by atoms with Gasteiger partial charge in [0, 0.05) is 45.9 Å². The van der Waals surface area contributed by atoms with Crippen molar-refractivity contribution in [3.8, 4) is 0 Å². The number of carbonyl (C=O) groups is 1. The Morgan fingerprint density at radius 1 is 1.15 bits per heavy atom. The van der Waals surface area contributed by atoms with Gasteiger partial charge < -0.3 is 9.64 Å². The number of ether oxygens (including phenoxy) is 1. The summed E-state index contributed by atoms with van der Waals surface area (Å²) < 4.78 is 40.6. The molecule has 1 aliphatic rings. The number of piperazine rings is 1. The molecule has 0 radical (unpaired) electrons. The maximum absolute atomic E-state index is 12.4. The highest BCUT2D eigenvalue weighted by Crippen LogP contribution is 2.14. The van der Waals surface area contributed by atoms with Crippen LogP contribution in [0.1, 0.15) is 12.0 Å². The first-order valence-electron chi connectivity index (χ1n) is 9.20. The van der Waals surface area contributed by atoms with Crippen molar-refractivity contribution >= 4 is 5.91 Å². The van der Waals surface area contributed by atoms with Gasteiger partial charge in [-0.1, -0.05) is 30.3 Å². The van der Waals surface area contributed by atoms with Gasteiger partial charge in [0.15, 0.2) is 0 Å². The molecule has 0 saturated carbocycles. The van der Waals surface area contributed by atoms with Crippen molar-refractivity contribution in [1.29, 1.82) is 0 Å². The summed E-state index contributed by atoms with van der Waals surface area (Å²) in [7, 11) is 1.93. The number of halogens is 3. The molecule has 1 aliphatic heterocycles. The van der Waals surface area contributed by atoms with Gasteiger partial charge in [0.2, 0.25) is 5.91 Å². The number of amides is 1. The molecule has 27 heavy (non-hydrogen) atoms. The third kappa shape index (κ3) is 8.73. The lowest BCUT2D eigenvalue weighted by Gasteiger charge is -2.35. The molecule has 1 heterocycles. The maximum Gasteiger partial charge on any atom is 0.411 e. The first-order chi connectivity index (χ1) is 12.8. The molecule has 1 aromatic rings. The van der Waals surface area contributed by atoms with Crippen molar-refractivity contribution in [3.63, 3.8) is 0 Å². The highest BCUT2D eigenvalue weighted by molar-refractivity contribution is 5.78. The minimum Gasteiger partial charge on any atom is -0.372 e. The van der Waals surface area contributed by atoms with Crippen LogP contribution in [-0.4, -0.2) is 86.3 Å². The van der Waals surface area contributed by atoms with E-state index < -0.39 is 12.8 Å². The fraction of sp³-hybridized carbons (Fsp3) is 0.632. The molecule has 0 unspecified atom stereocenters. The van der Waals surface area contributed by atoms with Crippen LogP contribution in [-0.2, 0) is 16.1 Å². The molecule has 2 rings (SSSR count). The van der Waals surface area contributed by atoms with E-state index in [0.29, 0.717) is 32.6 Å². The lowest BCUT2D eigenvalue weighted by molar-refractivity contribution is -0.174. The summed E-state index contributed by atoms with van der Waals surface area (Å²) in [6.45, 7) is 3.50. The number of alkyl halides is 3. The highest BCUT2D eigenvalue weighted by atomic mass is 19.4. The smallest absolute Gasteiger partial charge is 0.372 e. The molecule has 1 fully saturated rings. The summed E-state index contributed by atoms with van der Waals surface area (Å²) in [5.74, 6) is 0.113. The number of likely N-dealkylation sites (N-methyl/N-ethyl adjacent to an activating group) is 1. The molecule has 1 amide bonds. The van der Waals surface area contributed by atoms with E-state index in [0.717, 1.165) is 19.6 Å².